The molecule has 1 heterocycles. The van der Waals surface area contributed by atoms with Gasteiger partial charge in [0.25, 0.3) is 0 Å². The predicted octanol–water partition coefficient (Wildman–Crippen LogP) is 2.47. The molecule has 3 nitrogen and oxygen atoms in total. The molecule has 2 aliphatic carbocycles. The maximum Gasteiger partial charge on any atom is 0.185 e. The molecule has 2 bridgehead atoms. The minimum absolute atomic E-state index is 0.611. The van der Waals surface area contributed by atoms with Gasteiger partial charge in [-0.1, -0.05) is 6.42 Å². The van der Waals surface area contributed by atoms with Gasteiger partial charge in [0.1, 0.15) is 0 Å². The fourth-order valence-corrected chi connectivity index (χ4v) is 4.36. The third-order valence-electron chi connectivity index (χ3n) is 4.46. The second-order valence-electron chi connectivity index (χ2n) is 5.63. The molecule has 0 saturated heterocycles. The van der Waals surface area contributed by atoms with Gasteiger partial charge in [0.2, 0.25) is 0 Å². The van der Waals surface area contributed by atoms with Crippen LogP contribution in [0.4, 0.5) is 5.13 Å². The monoisotopic (exact) mass is 251 g/mol. The van der Waals surface area contributed by atoms with Gasteiger partial charge in [0, 0.05) is 31.2 Å². The lowest BCUT2D eigenvalue weighted by Crippen LogP contribution is -2.28. The molecule has 0 aliphatic heterocycles. The first-order valence-corrected chi connectivity index (χ1v) is 7.44. The normalized spacial score (nSPS) is 31.1. The van der Waals surface area contributed by atoms with Gasteiger partial charge < -0.3 is 10.6 Å². The predicted molar refractivity (Wildman–Crippen MR) is 72.2 cm³/mol. The first-order valence-electron chi connectivity index (χ1n) is 6.62. The molecule has 4 heteroatoms. The number of hydrogen-bond acceptors (Lipinski definition) is 4. The summed E-state index contributed by atoms with van der Waals surface area (Å²) in [7, 11) is 2.17. The van der Waals surface area contributed by atoms with E-state index in [1.807, 2.05) is 6.20 Å². The molecule has 0 aromatic carbocycles. The highest BCUT2D eigenvalue weighted by molar-refractivity contribution is 7.15. The molecule has 3 atom stereocenters. The molecule has 2 N–H and O–H groups in total. The highest BCUT2D eigenvalue weighted by Crippen LogP contribution is 2.48. The lowest BCUT2D eigenvalue weighted by molar-refractivity contribution is 0.337. The van der Waals surface area contributed by atoms with Crippen molar-refractivity contribution in [3.63, 3.8) is 0 Å². The lowest BCUT2D eigenvalue weighted by atomic mass is 9.88. The minimum atomic E-state index is 0.611. The van der Waals surface area contributed by atoms with E-state index in [-0.39, 0.29) is 0 Å². The maximum absolute atomic E-state index is 5.63. The van der Waals surface area contributed by atoms with Crippen molar-refractivity contribution in [3.8, 4) is 0 Å². The van der Waals surface area contributed by atoms with Gasteiger partial charge in [-0.3, -0.25) is 0 Å². The van der Waals surface area contributed by atoms with Gasteiger partial charge in [-0.15, -0.1) is 11.3 Å². The summed E-state index contributed by atoms with van der Waals surface area (Å²) >= 11 is 1.73. The Bertz CT molecular complexity index is 390. The van der Waals surface area contributed by atoms with Crippen LogP contribution in [0.2, 0.25) is 0 Å². The van der Waals surface area contributed by atoms with Gasteiger partial charge in [0.15, 0.2) is 5.13 Å². The Labute approximate surface area is 107 Å². The van der Waals surface area contributed by atoms with Gasteiger partial charge in [0.05, 0.1) is 0 Å². The van der Waals surface area contributed by atoms with Crippen LogP contribution in [0.3, 0.4) is 0 Å². The molecule has 2 aliphatic rings. The smallest absolute Gasteiger partial charge is 0.185 e. The van der Waals surface area contributed by atoms with Gasteiger partial charge in [-0.05, 0) is 37.0 Å². The number of nitrogens with two attached hydrogens (primary N) is 1. The topological polar surface area (TPSA) is 42.2 Å². The zero-order valence-electron chi connectivity index (χ0n) is 10.4. The third kappa shape index (κ3) is 2.20. The minimum Gasteiger partial charge on any atom is -0.351 e. The van der Waals surface area contributed by atoms with Crippen LogP contribution < -0.4 is 10.6 Å². The van der Waals surface area contributed by atoms with Crippen LogP contribution in [-0.2, 0) is 6.54 Å². The summed E-state index contributed by atoms with van der Waals surface area (Å²) in [6.07, 6.45) is 7.81. The van der Waals surface area contributed by atoms with Crippen LogP contribution >= 0.6 is 11.3 Å². The van der Waals surface area contributed by atoms with Crippen LogP contribution in [0.5, 0.6) is 0 Å². The van der Waals surface area contributed by atoms with E-state index < -0.39 is 0 Å². The molecule has 17 heavy (non-hydrogen) atoms. The number of hydrogen-bond donors (Lipinski definition) is 1. The van der Waals surface area contributed by atoms with Gasteiger partial charge >= 0.3 is 0 Å². The summed E-state index contributed by atoms with van der Waals surface area (Å²) in [6, 6.07) is 0. The number of thiazole rings is 1. The molecule has 3 unspecified atom stereocenters. The summed E-state index contributed by atoms with van der Waals surface area (Å²) in [4.78, 5) is 7.96. The first kappa shape index (κ1) is 11.5. The van der Waals surface area contributed by atoms with E-state index in [2.05, 4.69) is 16.9 Å². The number of anilines is 1. The molecule has 1 aromatic rings. The van der Waals surface area contributed by atoms with Crippen LogP contribution in [-0.4, -0.2) is 18.6 Å². The Morgan fingerprint density at radius 3 is 2.94 bits per heavy atom. The van der Waals surface area contributed by atoms with E-state index in [1.165, 1.54) is 37.1 Å². The zero-order chi connectivity index (χ0) is 11.8. The summed E-state index contributed by atoms with van der Waals surface area (Å²) in [5.74, 6) is 2.94. The van der Waals surface area contributed by atoms with Crippen molar-refractivity contribution < 1.29 is 0 Å². The largest absolute Gasteiger partial charge is 0.351 e. The highest BCUT2D eigenvalue weighted by Gasteiger charge is 2.39. The summed E-state index contributed by atoms with van der Waals surface area (Å²) in [5.41, 5.74) is 5.63. The fourth-order valence-electron chi connectivity index (χ4n) is 3.60. The van der Waals surface area contributed by atoms with Gasteiger partial charge in [-0.25, -0.2) is 4.98 Å². The van der Waals surface area contributed by atoms with E-state index >= 15 is 0 Å². The van der Waals surface area contributed by atoms with Crippen molar-refractivity contribution in [2.45, 2.75) is 32.2 Å². The standard InChI is InChI=1S/C13H21N3S/c1-16(13-15-7-12(6-14)17-13)8-11-5-9-2-3-10(11)4-9/h7,9-11H,2-6,8,14H2,1H3. The van der Waals surface area contributed by atoms with Crippen LogP contribution in [0.25, 0.3) is 0 Å². The second-order valence-corrected chi connectivity index (χ2v) is 6.72. The maximum atomic E-state index is 5.63. The van der Waals surface area contributed by atoms with Gasteiger partial charge in [-0.2, -0.15) is 0 Å². The van der Waals surface area contributed by atoms with Crippen LogP contribution in [0.15, 0.2) is 6.20 Å². The SMILES string of the molecule is CN(CC1CC2CCC1C2)c1ncc(CN)s1. The average molecular weight is 251 g/mol. The molecule has 2 fully saturated rings. The summed E-state index contributed by atoms with van der Waals surface area (Å²) < 4.78 is 0. The highest BCUT2D eigenvalue weighted by atomic mass is 32.1. The number of aromatic nitrogens is 1. The molecule has 0 spiro atoms. The molecule has 3 rings (SSSR count). The van der Waals surface area contributed by atoms with Crippen LogP contribution in [0.1, 0.15) is 30.6 Å². The second kappa shape index (κ2) is 4.58. The quantitative estimate of drug-likeness (QED) is 0.894. The molecule has 1 aromatic heterocycles. The zero-order valence-corrected chi connectivity index (χ0v) is 11.2. The average Bonchev–Trinajstić information content (AvgIpc) is 3.04. The molecular weight excluding hydrogens is 230 g/mol. The summed E-state index contributed by atoms with van der Waals surface area (Å²) in [6.45, 7) is 1.79. The Hall–Kier alpha value is -0.610. The first-order chi connectivity index (χ1) is 8.26. The Morgan fingerprint density at radius 2 is 2.35 bits per heavy atom. The Morgan fingerprint density at radius 1 is 1.47 bits per heavy atom. The molecule has 2 saturated carbocycles. The Kier molecular flexibility index (Phi) is 3.09. The van der Waals surface area contributed by atoms with Crippen molar-refractivity contribution in [2.24, 2.45) is 23.5 Å². The fraction of sp³-hybridized carbons (Fsp3) is 0.769. The van der Waals surface area contributed by atoms with E-state index in [9.17, 15) is 0 Å². The van der Waals surface area contributed by atoms with Crippen LogP contribution in [0, 0.1) is 17.8 Å². The van der Waals surface area contributed by atoms with E-state index in [0.717, 1.165) is 22.9 Å². The Balaban J connectivity index is 1.61. The van der Waals surface area contributed by atoms with E-state index in [0.29, 0.717) is 6.54 Å². The van der Waals surface area contributed by atoms with Crippen molar-refractivity contribution >= 4 is 16.5 Å². The number of fused-ring (bicyclic) bond motifs is 2. The summed E-state index contributed by atoms with van der Waals surface area (Å²) in [5, 5.41) is 1.13. The molecule has 94 valence electrons. The van der Waals surface area contributed by atoms with E-state index in [4.69, 9.17) is 5.73 Å². The molecular formula is C13H21N3S. The molecule has 0 radical (unpaired) electrons. The number of nitrogens with zero attached hydrogens (tertiary/aromatic N) is 2. The van der Waals surface area contributed by atoms with E-state index in [1.54, 1.807) is 11.3 Å². The van der Waals surface area contributed by atoms with Crippen molar-refractivity contribution in [3.05, 3.63) is 11.1 Å². The van der Waals surface area contributed by atoms with Crippen molar-refractivity contribution in [1.29, 1.82) is 0 Å². The lowest BCUT2D eigenvalue weighted by Gasteiger charge is -2.26. The van der Waals surface area contributed by atoms with Crippen molar-refractivity contribution in [2.75, 3.05) is 18.5 Å². The number of rotatable bonds is 4. The van der Waals surface area contributed by atoms with Crippen molar-refractivity contribution in [1.82, 2.24) is 4.98 Å². The molecule has 0 amide bonds. The third-order valence-corrected chi connectivity index (χ3v) is 5.60.